The highest BCUT2D eigenvalue weighted by Crippen LogP contribution is 2.35. The molecule has 1 aromatic rings. The number of halogens is 1. The van der Waals surface area contributed by atoms with Crippen LogP contribution in [-0.2, 0) is 20.0 Å². The van der Waals surface area contributed by atoms with Crippen LogP contribution in [0.25, 0.3) is 0 Å². The first-order valence-corrected chi connectivity index (χ1v) is 12.5. The Morgan fingerprint density at radius 1 is 1.44 bits per heavy atom. The number of hydrogen-bond donors (Lipinski definition) is 1. The third-order valence-electron chi connectivity index (χ3n) is 4.63. The van der Waals surface area contributed by atoms with Gasteiger partial charge in [-0.3, -0.25) is 0 Å². The number of sulfonamides is 2. The molecule has 0 aliphatic carbocycles. The van der Waals surface area contributed by atoms with Gasteiger partial charge in [0, 0.05) is 30.0 Å². The van der Waals surface area contributed by atoms with E-state index in [1.54, 1.807) is 26.0 Å². The lowest BCUT2D eigenvalue weighted by atomic mass is 10.0. The first kappa shape index (κ1) is 22.6. The average molecular weight is 485 g/mol. The van der Waals surface area contributed by atoms with Gasteiger partial charge in [0.15, 0.2) is 0 Å². The Balaban J connectivity index is 2.56. The van der Waals surface area contributed by atoms with E-state index < -0.39 is 32.2 Å². The number of fused-ring (bicyclic) bond motifs is 1. The Bertz CT molecular complexity index is 890. The first-order chi connectivity index (χ1) is 12.4. The van der Waals surface area contributed by atoms with Crippen LogP contribution in [0.2, 0.25) is 0 Å². The van der Waals surface area contributed by atoms with Gasteiger partial charge in [-0.25, -0.2) is 21.1 Å². The second-order valence-electron chi connectivity index (χ2n) is 6.87. The van der Waals surface area contributed by atoms with Crippen molar-refractivity contribution in [3.8, 4) is 5.75 Å². The number of rotatable bonds is 5. The molecule has 27 heavy (non-hydrogen) atoms. The van der Waals surface area contributed by atoms with Gasteiger partial charge < -0.3 is 9.84 Å². The molecule has 2 rings (SSSR count). The highest BCUT2D eigenvalue weighted by molar-refractivity contribution is 9.10. The van der Waals surface area contributed by atoms with Gasteiger partial charge in [0.05, 0.1) is 19.4 Å². The van der Waals surface area contributed by atoms with E-state index >= 15 is 0 Å². The number of aliphatic hydroxyl groups is 1. The molecule has 0 fully saturated rings. The van der Waals surface area contributed by atoms with E-state index in [4.69, 9.17) is 4.74 Å². The highest BCUT2D eigenvalue weighted by atomic mass is 79.9. The van der Waals surface area contributed by atoms with Crippen LogP contribution in [-0.4, -0.2) is 75.7 Å². The van der Waals surface area contributed by atoms with Gasteiger partial charge in [0.2, 0.25) is 20.0 Å². The Hall–Kier alpha value is -0.720. The van der Waals surface area contributed by atoms with Crippen molar-refractivity contribution in [2.24, 2.45) is 5.92 Å². The molecular weight excluding hydrogens is 460 g/mol. The summed E-state index contributed by atoms with van der Waals surface area (Å²) >= 11 is 3.31. The number of nitrogens with zero attached hydrogens (tertiary/aromatic N) is 2. The topological polar surface area (TPSA) is 104 Å². The third kappa shape index (κ3) is 5.01. The lowest BCUT2D eigenvalue weighted by Crippen LogP contribution is -2.50. The Labute approximate surface area is 169 Å². The van der Waals surface area contributed by atoms with Gasteiger partial charge in [-0.15, -0.1) is 0 Å². The zero-order chi connectivity index (χ0) is 20.6. The number of ether oxygens (including phenoxy) is 1. The fourth-order valence-corrected chi connectivity index (χ4v) is 5.39. The van der Waals surface area contributed by atoms with Gasteiger partial charge in [-0.2, -0.15) is 4.31 Å². The van der Waals surface area contributed by atoms with Crippen LogP contribution in [0, 0.1) is 5.92 Å². The summed E-state index contributed by atoms with van der Waals surface area (Å²) in [6.45, 7) is 3.28. The first-order valence-electron chi connectivity index (χ1n) is 8.38. The molecule has 0 saturated carbocycles. The molecule has 0 radical (unpaired) electrons. The SMILES string of the molecule is C[C@H](CO)N1C[C@H](C)[C@H](CN(C)S(C)(=O)=O)Oc2cc(Br)ccc2S1(=O)=O. The summed E-state index contributed by atoms with van der Waals surface area (Å²) in [4.78, 5) is -0.00934. The van der Waals surface area contributed by atoms with Crippen LogP contribution in [0.3, 0.4) is 0 Å². The predicted octanol–water partition coefficient (Wildman–Crippen LogP) is 1.11. The minimum atomic E-state index is -3.89. The van der Waals surface area contributed by atoms with E-state index in [-0.39, 0.29) is 36.3 Å². The second-order valence-corrected chi connectivity index (χ2v) is 11.7. The fourth-order valence-electron chi connectivity index (χ4n) is 2.81. The maximum atomic E-state index is 13.1. The number of likely N-dealkylation sites (N-methyl/N-ethyl adjacent to an activating group) is 1. The lowest BCUT2D eigenvalue weighted by molar-refractivity contribution is 0.0905. The largest absolute Gasteiger partial charge is 0.487 e. The van der Waals surface area contributed by atoms with Crippen molar-refractivity contribution in [3.63, 3.8) is 0 Å². The van der Waals surface area contributed by atoms with E-state index in [1.165, 1.54) is 21.7 Å². The van der Waals surface area contributed by atoms with Crippen LogP contribution in [0.4, 0.5) is 0 Å². The Kier molecular flexibility index (Phi) is 6.97. The molecule has 0 amide bonds. The van der Waals surface area contributed by atoms with Crippen molar-refractivity contribution in [1.82, 2.24) is 8.61 Å². The van der Waals surface area contributed by atoms with Crippen molar-refractivity contribution < 1.29 is 26.7 Å². The monoisotopic (exact) mass is 484 g/mol. The van der Waals surface area contributed by atoms with E-state index in [0.29, 0.717) is 4.47 Å². The zero-order valence-corrected chi connectivity index (χ0v) is 18.9. The molecule has 3 atom stereocenters. The van der Waals surface area contributed by atoms with Crippen LogP contribution >= 0.6 is 15.9 Å². The maximum absolute atomic E-state index is 13.1. The molecule has 1 N–H and O–H groups in total. The molecule has 0 bridgehead atoms. The summed E-state index contributed by atoms with van der Waals surface area (Å²) in [5.74, 6) is -0.164. The summed E-state index contributed by atoms with van der Waals surface area (Å²) in [6, 6.07) is 3.98. The van der Waals surface area contributed by atoms with Crippen molar-refractivity contribution in [3.05, 3.63) is 22.7 Å². The van der Waals surface area contributed by atoms with Gasteiger partial charge in [0.25, 0.3) is 0 Å². The summed E-state index contributed by atoms with van der Waals surface area (Å²) in [7, 11) is -5.85. The van der Waals surface area contributed by atoms with Crippen molar-refractivity contribution in [2.75, 3.05) is 33.0 Å². The predicted molar refractivity (Wildman–Crippen MR) is 106 cm³/mol. The smallest absolute Gasteiger partial charge is 0.247 e. The molecule has 0 unspecified atom stereocenters. The van der Waals surface area contributed by atoms with Crippen LogP contribution in [0.1, 0.15) is 13.8 Å². The normalized spacial score (nSPS) is 24.6. The zero-order valence-electron chi connectivity index (χ0n) is 15.7. The van der Waals surface area contributed by atoms with Gasteiger partial charge in [0.1, 0.15) is 16.7 Å². The van der Waals surface area contributed by atoms with Crippen molar-refractivity contribution in [2.45, 2.75) is 30.9 Å². The van der Waals surface area contributed by atoms with Gasteiger partial charge in [-0.05, 0) is 25.1 Å². The molecule has 1 heterocycles. The molecule has 0 spiro atoms. The lowest BCUT2D eigenvalue weighted by Gasteiger charge is -2.37. The molecule has 11 heteroatoms. The molecule has 1 aliphatic heterocycles. The Morgan fingerprint density at radius 3 is 2.63 bits per heavy atom. The number of benzene rings is 1. The van der Waals surface area contributed by atoms with E-state index in [2.05, 4.69) is 15.9 Å². The highest BCUT2D eigenvalue weighted by Gasteiger charge is 2.38. The quantitative estimate of drug-likeness (QED) is 0.670. The third-order valence-corrected chi connectivity index (χ3v) is 8.43. The fraction of sp³-hybridized carbons (Fsp3) is 0.625. The van der Waals surface area contributed by atoms with E-state index in [9.17, 15) is 21.9 Å². The van der Waals surface area contributed by atoms with Crippen molar-refractivity contribution >= 4 is 36.0 Å². The second kappa shape index (κ2) is 8.34. The summed E-state index contributed by atoms with van der Waals surface area (Å²) in [5.41, 5.74) is 0. The van der Waals surface area contributed by atoms with Crippen molar-refractivity contribution in [1.29, 1.82) is 0 Å². The number of hydrogen-bond acceptors (Lipinski definition) is 6. The minimum absolute atomic E-state index is 0.00934. The standard InChI is InChI=1S/C16H25BrN2O6S2/c1-11-8-19(12(2)10-20)27(23,24)16-6-5-13(17)7-14(16)25-15(11)9-18(3)26(4,21)22/h5-7,11-12,15,20H,8-10H2,1-4H3/t11-,12+,15-/m0/s1. The summed E-state index contributed by atoms with van der Waals surface area (Å²) < 4.78 is 59.0. The molecule has 1 aliphatic rings. The summed E-state index contributed by atoms with van der Waals surface area (Å²) in [5, 5.41) is 9.55. The van der Waals surface area contributed by atoms with E-state index in [1.807, 2.05) is 0 Å². The van der Waals surface area contributed by atoms with E-state index in [0.717, 1.165) is 6.26 Å². The molecular formula is C16H25BrN2O6S2. The Morgan fingerprint density at radius 2 is 2.07 bits per heavy atom. The van der Waals surface area contributed by atoms with Gasteiger partial charge >= 0.3 is 0 Å². The average Bonchev–Trinajstić information content (AvgIpc) is 2.56. The maximum Gasteiger partial charge on any atom is 0.247 e. The van der Waals surface area contributed by atoms with Crippen LogP contribution in [0.15, 0.2) is 27.6 Å². The molecule has 0 saturated heterocycles. The molecule has 0 aromatic heterocycles. The van der Waals surface area contributed by atoms with Crippen LogP contribution in [0.5, 0.6) is 5.75 Å². The van der Waals surface area contributed by atoms with Crippen LogP contribution < -0.4 is 4.74 Å². The number of aliphatic hydroxyl groups excluding tert-OH is 1. The summed E-state index contributed by atoms with van der Waals surface area (Å²) in [6.07, 6.45) is 0.539. The van der Waals surface area contributed by atoms with Gasteiger partial charge in [-0.1, -0.05) is 22.9 Å². The molecule has 1 aromatic carbocycles. The molecule has 8 nitrogen and oxygen atoms in total. The molecule has 154 valence electrons. The minimum Gasteiger partial charge on any atom is -0.487 e.